The molecular weight excluding hydrogens is 889 g/mol. The lowest BCUT2D eigenvalue weighted by atomic mass is 9.65. The Morgan fingerprint density at radius 3 is 1.81 bits per heavy atom. The quantitative estimate of drug-likeness (QED) is 0.0332. The van der Waals surface area contributed by atoms with E-state index in [4.69, 9.17) is 9.47 Å². The van der Waals surface area contributed by atoms with E-state index < -0.39 is 125 Å². The van der Waals surface area contributed by atoms with Gasteiger partial charge in [-0.3, -0.25) is 0 Å². The topological polar surface area (TPSA) is 285 Å². The van der Waals surface area contributed by atoms with E-state index >= 15 is 0 Å². The first kappa shape index (κ1) is 40.2. The molecule has 9 aromatic carbocycles. The lowest BCUT2D eigenvalue weighted by molar-refractivity contribution is 0.348. The number of benzene rings is 9. The van der Waals surface area contributed by atoms with Gasteiger partial charge in [0.1, 0.15) is 17.6 Å². The van der Waals surface area contributed by atoms with Crippen LogP contribution in [0, 0.1) is 0 Å². The Morgan fingerprint density at radius 1 is 0.478 bits per heavy atom. The molecule has 4 aliphatic rings. The normalized spacial score (nSPS) is 19.8. The molecule has 2 aliphatic carbocycles. The summed E-state index contributed by atoms with van der Waals surface area (Å²) in [5.41, 5.74) is -0.658. The summed E-state index contributed by atoms with van der Waals surface area (Å²) in [6.07, 6.45) is 3.35. The molecular formula is C54H36O15. The third-order valence-corrected chi connectivity index (χ3v) is 14.9. The third-order valence-electron chi connectivity index (χ3n) is 14.9. The van der Waals surface area contributed by atoms with Gasteiger partial charge >= 0.3 is 0 Å². The molecule has 0 saturated carbocycles. The zero-order chi connectivity index (χ0) is 48.0. The van der Waals surface area contributed by atoms with Crippen LogP contribution in [0.5, 0.6) is 80.5 Å². The van der Waals surface area contributed by atoms with E-state index in [1.165, 1.54) is 0 Å². The minimum absolute atomic E-state index is 0.180. The molecule has 0 amide bonds. The summed E-state index contributed by atoms with van der Waals surface area (Å²) in [6.45, 7) is 2.09. The van der Waals surface area contributed by atoms with Crippen molar-refractivity contribution >= 4 is 53.9 Å². The van der Waals surface area contributed by atoms with Gasteiger partial charge in [-0.05, 0) is 44.8 Å². The fourth-order valence-corrected chi connectivity index (χ4v) is 11.8. The second kappa shape index (κ2) is 13.1. The summed E-state index contributed by atoms with van der Waals surface area (Å²) >= 11 is 0. The van der Waals surface area contributed by atoms with Gasteiger partial charge in [-0.2, -0.15) is 0 Å². The van der Waals surface area contributed by atoms with Crippen molar-refractivity contribution in [2.24, 2.45) is 0 Å². The van der Waals surface area contributed by atoms with Crippen molar-refractivity contribution in [2.75, 3.05) is 0 Å². The lowest BCUT2D eigenvalue weighted by Gasteiger charge is -2.36. The van der Waals surface area contributed by atoms with Crippen LogP contribution in [-0.4, -0.2) is 72.5 Å². The molecule has 9 aromatic rings. The van der Waals surface area contributed by atoms with E-state index in [1.807, 2.05) is 60.7 Å². The van der Waals surface area contributed by atoms with Crippen molar-refractivity contribution in [3.63, 3.8) is 0 Å². The van der Waals surface area contributed by atoms with E-state index in [1.54, 1.807) is 18.2 Å². The first-order chi connectivity index (χ1) is 33.1. The molecule has 15 nitrogen and oxygen atoms in total. The molecule has 0 bridgehead atoms. The smallest absolute Gasteiger partial charge is 0.204 e. The van der Waals surface area contributed by atoms with Gasteiger partial charge < -0.3 is 75.9 Å². The summed E-state index contributed by atoms with van der Waals surface area (Å²) in [6, 6.07) is 22.8. The van der Waals surface area contributed by atoms with Gasteiger partial charge in [-0.1, -0.05) is 85.8 Å². The molecule has 1 saturated heterocycles. The molecule has 0 spiro atoms. The highest BCUT2D eigenvalue weighted by Gasteiger charge is 2.50. The van der Waals surface area contributed by atoms with Gasteiger partial charge in [0.15, 0.2) is 46.0 Å². The van der Waals surface area contributed by atoms with Crippen LogP contribution < -0.4 is 4.74 Å². The van der Waals surface area contributed by atoms with Crippen molar-refractivity contribution in [2.45, 2.75) is 36.9 Å². The Labute approximate surface area is 387 Å². The van der Waals surface area contributed by atoms with E-state index in [0.717, 1.165) is 27.7 Å². The summed E-state index contributed by atoms with van der Waals surface area (Å²) in [7, 11) is 0. The second-order valence-electron chi connectivity index (χ2n) is 18.2. The molecule has 1 fully saturated rings. The van der Waals surface area contributed by atoms with Crippen LogP contribution in [0.1, 0.15) is 41.2 Å². The Balaban J connectivity index is 1.22. The van der Waals surface area contributed by atoms with Crippen molar-refractivity contribution in [1.82, 2.24) is 0 Å². The van der Waals surface area contributed by atoms with Gasteiger partial charge in [0.05, 0.1) is 17.4 Å². The fourth-order valence-electron chi connectivity index (χ4n) is 11.8. The Bertz CT molecular complexity index is 4010. The number of aromatic hydroxyl groups is 13. The molecule has 13 N–H and O–H groups in total. The molecule has 13 rings (SSSR count). The highest BCUT2D eigenvalue weighted by Crippen LogP contribution is 2.68. The Kier molecular flexibility index (Phi) is 7.62. The number of hydrogen-bond donors (Lipinski definition) is 13. The molecule has 69 heavy (non-hydrogen) atoms. The van der Waals surface area contributed by atoms with Crippen LogP contribution in [0.2, 0.25) is 0 Å². The summed E-state index contributed by atoms with van der Waals surface area (Å²) in [5.74, 6) is -13.4. The predicted octanol–water partition coefficient (Wildman–Crippen LogP) is 9.84. The predicted molar refractivity (Wildman–Crippen MR) is 252 cm³/mol. The highest BCUT2D eigenvalue weighted by atomic mass is 16.6. The van der Waals surface area contributed by atoms with Gasteiger partial charge in [-0.25, -0.2) is 0 Å². The van der Waals surface area contributed by atoms with E-state index in [2.05, 4.69) is 19.1 Å². The van der Waals surface area contributed by atoms with E-state index in [9.17, 15) is 66.4 Å². The van der Waals surface area contributed by atoms with Gasteiger partial charge in [0, 0.05) is 72.1 Å². The van der Waals surface area contributed by atoms with Gasteiger partial charge in [0.2, 0.25) is 28.7 Å². The van der Waals surface area contributed by atoms with Crippen LogP contribution >= 0.6 is 0 Å². The zero-order valence-corrected chi connectivity index (χ0v) is 35.7. The van der Waals surface area contributed by atoms with Crippen LogP contribution in [0.4, 0.5) is 0 Å². The lowest BCUT2D eigenvalue weighted by Crippen LogP contribution is -2.30. The minimum atomic E-state index is -1.27. The van der Waals surface area contributed by atoms with Crippen molar-refractivity contribution in [3.05, 3.63) is 119 Å². The average molecular weight is 925 g/mol. The monoisotopic (exact) mass is 924 g/mol. The standard InChI is InChI=1S/C54H36O15/c1-54(16-6-13-26-39(54)28-19-8-3-2-7-18(19)14-15-25(28)68-26)24-12-5-9-20-21(24)10-4-11-22(20)29-33-32-31(36-35(29)43(58)51(66)52(67)44(36)59)34-30-23(17-27-53(69-27)38(32)47(62)50(65)41(33)56)40(55)48(63)45(60)37(30)46(61)49(64)42(34)57/h2-16,27,39,53,55-67H,17H2,1H3. The number of ether oxygens (including phenoxy) is 2. The maximum Gasteiger partial charge on any atom is 0.204 e. The molecule has 2 aliphatic heterocycles. The zero-order valence-electron chi connectivity index (χ0n) is 35.7. The molecule has 4 unspecified atom stereocenters. The molecule has 0 radical (unpaired) electrons. The number of epoxide rings is 1. The number of allylic oxidation sites excluding steroid dienone is 4. The minimum Gasteiger partial charge on any atom is -0.504 e. The molecule has 15 heteroatoms. The van der Waals surface area contributed by atoms with Crippen molar-refractivity contribution < 1.29 is 75.9 Å². The molecule has 0 aromatic heterocycles. The maximum absolute atomic E-state index is 12.4. The van der Waals surface area contributed by atoms with Gasteiger partial charge in [0.25, 0.3) is 0 Å². The third kappa shape index (κ3) is 4.78. The summed E-state index contributed by atoms with van der Waals surface area (Å²) in [5, 5.41) is 152. The van der Waals surface area contributed by atoms with Crippen LogP contribution in [0.3, 0.4) is 0 Å². The van der Waals surface area contributed by atoms with E-state index in [0.29, 0.717) is 16.5 Å². The van der Waals surface area contributed by atoms with E-state index in [-0.39, 0.29) is 45.4 Å². The highest BCUT2D eigenvalue weighted by molar-refractivity contribution is 6.32. The molecule has 2 heterocycles. The van der Waals surface area contributed by atoms with Crippen LogP contribution in [-0.2, 0) is 16.6 Å². The first-order valence-corrected chi connectivity index (χ1v) is 21.8. The van der Waals surface area contributed by atoms with Crippen LogP contribution in [0.15, 0.2) is 96.8 Å². The Morgan fingerprint density at radius 2 is 1.07 bits per heavy atom. The van der Waals surface area contributed by atoms with Gasteiger partial charge in [-0.15, -0.1) is 0 Å². The van der Waals surface area contributed by atoms with Crippen LogP contribution in [0.25, 0.3) is 76.1 Å². The SMILES string of the molecule is CC1(c2cccc3c(-c4c5c(O)c(O)c(O)c(O)c5c5c6c(c(O)c(O)c(O)c46)C4OC4Cc4c(O)c(O)c(O)c6c(O)c(O)c(O)c-5c46)cccc23)C=CC=C2Oc3ccc4ccccc4c3C21. The number of phenols is 13. The average Bonchev–Trinajstić information content (AvgIpc) is 3.98. The maximum atomic E-state index is 12.4. The second-order valence-corrected chi connectivity index (χ2v) is 18.2. The molecule has 4 atom stereocenters. The van der Waals surface area contributed by atoms with Crippen molar-refractivity contribution in [1.29, 1.82) is 0 Å². The molecule has 342 valence electrons. The number of fused-ring (bicyclic) bond motifs is 11. The number of hydrogen-bond acceptors (Lipinski definition) is 15. The number of rotatable bonds is 2. The fraction of sp³-hybridized carbons (Fsp3) is 0.111. The Hall–Kier alpha value is -9.08. The number of phenolic OH excluding ortho intramolecular Hbond substituents is 13. The first-order valence-electron chi connectivity index (χ1n) is 21.8. The summed E-state index contributed by atoms with van der Waals surface area (Å²) < 4.78 is 12.6. The van der Waals surface area contributed by atoms with Crippen molar-refractivity contribution in [3.8, 4) is 103 Å². The summed E-state index contributed by atoms with van der Waals surface area (Å²) in [4.78, 5) is 0. The largest absolute Gasteiger partial charge is 0.504 e.